The van der Waals surface area contributed by atoms with Gasteiger partial charge in [-0.1, -0.05) is 0 Å². The normalized spacial score (nSPS) is 20.1. The predicted octanol–water partition coefficient (Wildman–Crippen LogP) is -2.37. The third kappa shape index (κ3) is 6.61. The standard InChI is InChI=1S/C3H18N4Si3/c1-8(4)6-10(3)7-9(2)5/h6-10H,4-5H2,1-3H3. The summed E-state index contributed by atoms with van der Waals surface area (Å²) in [5, 5.41) is 11.3. The van der Waals surface area contributed by atoms with E-state index < -0.39 is 27.4 Å². The zero-order valence-corrected chi connectivity index (χ0v) is 10.4. The fourth-order valence-electron chi connectivity index (χ4n) is 0.837. The number of hydrogen-bond donors (Lipinski definition) is 4. The second-order valence-electron chi connectivity index (χ2n) is 2.63. The van der Waals surface area contributed by atoms with E-state index in [4.69, 9.17) is 10.8 Å². The maximum absolute atomic E-state index is 5.67. The lowest BCUT2D eigenvalue weighted by Gasteiger charge is -2.17. The van der Waals surface area contributed by atoms with Crippen LogP contribution < -0.4 is 20.1 Å². The maximum Gasteiger partial charge on any atom is 0.172 e. The average molecular weight is 194 g/mol. The zero-order chi connectivity index (χ0) is 8.15. The van der Waals surface area contributed by atoms with E-state index in [1.165, 1.54) is 0 Å². The van der Waals surface area contributed by atoms with Crippen LogP contribution in [0, 0.1) is 0 Å². The van der Waals surface area contributed by atoms with E-state index in [1.54, 1.807) is 0 Å². The Labute approximate surface area is 67.7 Å². The van der Waals surface area contributed by atoms with Crippen LogP contribution in [-0.4, -0.2) is 27.4 Å². The Bertz CT molecular complexity index is 77.8. The van der Waals surface area contributed by atoms with Crippen LogP contribution in [0.15, 0.2) is 0 Å². The summed E-state index contributed by atoms with van der Waals surface area (Å²) < 4.78 is 6.75. The third-order valence-corrected chi connectivity index (χ3v) is 9.23. The molecule has 0 aromatic rings. The van der Waals surface area contributed by atoms with E-state index in [1.807, 2.05) is 0 Å². The van der Waals surface area contributed by atoms with Crippen LogP contribution in [0.1, 0.15) is 0 Å². The van der Waals surface area contributed by atoms with Crippen LogP contribution in [0.5, 0.6) is 0 Å². The Morgan fingerprint density at radius 1 is 0.900 bits per heavy atom. The van der Waals surface area contributed by atoms with Gasteiger partial charge in [-0.2, -0.15) is 0 Å². The molecule has 0 aliphatic rings. The van der Waals surface area contributed by atoms with Crippen molar-refractivity contribution in [2.75, 3.05) is 0 Å². The van der Waals surface area contributed by atoms with Crippen molar-refractivity contribution in [3.8, 4) is 0 Å². The Morgan fingerprint density at radius 3 is 1.40 bits per heavy atom. The Morgan fingerprint density at radius 2 is 1.20 bits per heavy atom. The second kappa shape index (κ2) is 5.18. The molecular weight excluding hydrogens is 176 g/mol. The van der Waals surface area contributed by atoms with Crippen molar-refractivity contribution in [3.05, 3.63) is 0 Å². The van der Waals surface area contributed by atoms with Gasteiger partial charge in [-0.25, -0.2) is 0 Å². The van der Waals surface area contributed by atoms with Gasteiger partial charge in [0.05, 0.1) is 0 Å². The van der Waals surface area contributed by atoms with Crippen LogP contribution in [0.25, 0.3) is 0 Å². The van der Waals surface area contributed by atoms with Crippen molar-refractivity contribution in [2.45, 2.75) is 19.6 Å². The Hall–Kier alpha value is 0.491. The lowest BCUT2D eigenvalue weighted by Crippen LogP contribution is -2.60. The van der Waals surface area contributed by atoms with Crippen LogP contribution >= 0.6 is 0 Å². The smallest absolute Gasteiger partial charge is 0.172 e. The maximum atomic E-state index is 5.67. The van der Waals surface area contributed by atoms with Gasteiger partial charge < -0.3 is 20.1 Å². The molecular formula is C3H18N4Si3. The Kier molecular flexibility index (Phi) is 5.44. The SMILES string of the molecule is C[SiH](N)N[SiH](C)N[SiH](C)N. The number of nitrogens with one attached hydrogen (secondary N) is 2. The molecule has 2 atom stereocenters. The van der Waals surface area contributed by atoms with E-state index in [-0.39, 0.29) is 0 Å². The molecule has 0 aromatic carbocycles. The van der Waals surface area contributed by atoms with Gasteiger partial charge in [-0.3, -0.25) is 0 Å². The fraction of sp³-hybridized carbons (Fsp3) is 1.00. The summed E-state index contributed by atoms with van der Waals surface area (Å²) in [6.07, 6.45) is 0. The van der Waals surface area contributed by atoms with Gasteiger partial charge in [0.1, 0.15) is 0 Å². The molecule has 4 nitrogen and oxygen atoms in total. The van der Waals surface area contributed by atoms with Gasteiger partial charge in [0.2, 0.25) is 0 Å². The van der Waals surface area contributed by atoms with E-state index in [0.717, 1.165) is 0 Å². The number of rotatable bonds is 4. The molecule has 10 heavy (non-hydrogen) atoms. The summed E-state index contributed by atoms with van der Waals surface area (Å²) in [5.74, 6) is 0. The summed E-state index contributed by atoms with van der Waals surface area (Å²) in [6, 6.07) is 0. The molecule has 0 aromatic heterocycles. The Balaban J connectivity index is 3.34. The van der Waals surface area contributed by atoms with Crippen molar-refractivity contribution in [1.82, 2.24) is 9.30 Å². The van der Waals surface area contributed by atoms with Crippen molar-refractivity contribution in [1.29, 1.82) is 0 Å². The molecule has 62 valence electrons. The molecule has 0 saturated heterocycles. The molecule has 0 fully saturated rings. The van der Waals surface area contributed by atoms with Gasteiger partial charge in [-0.05, 0) is 19.6 Å². The van der Waals surface area contributed by atoms with Gasteiger partial charge in [0.25, 0.3) is 0 Å². The first-order valence-electron chi connectivity index (χ1n) is 3.55. The summed E-state index contributed by atoms with van der Waals surface area (Å²) in [5.41, 5.74) is 0. The molecule has 0 aliphatic carbocycles. The topological polar surface area (TPSA) is 76.1 Å². The van der Waals surface area contributed by atoms with Crippen LogP contribution in [-0.2, 0) is 0 Å². The second-order valence-corrected chi connectivity index (χ2v) is 9.90. The van der Waals surface area contributed by atoms with Crippen LogP contribution in [0.2, 0.25) is 19.6 Å². The van der Waals surface area contributed by atoms with E-state index in [2.05, 4.69) is 28.9 Å². The van der Waals surface area contributed by atoms with Crippen molar-refractivity contribution >= 4 is 27.4 Å². The van der Waals surface area contributed by atoms with Crippen molar-refractivity contribution < 1.29 is 0 Å². The molecule has 6 N–H and O–H groups in total. The van der Waals surface area contributed by atoms with Gasteiger partial charge in [-0.15, -0.1) is 0 Å². The first-order chi connectivity index (χ1) is 4.52. The zero-order valence-electron chi connectivity index (χ0n) is 6.89. The molecule has 0 rings (SSSR count). The van der Waals surface area contributed by atoms with Gasteiger partial charge in [0, 0.05) is 0 Å². The lowest BCUT2D eigenvalue weighted by atomic mass is 11.9. The number of nitrogens with two attached hydrogens (primary N) is 2. The van der Waals surface area contributed by atoms with E-state index in [0.29, 0.717) is 0 Å². The lowest BCUT2D eigenvalue weighted by molar-refractivity contribution is 1.28. The highest BCUT2D eigenvalue weighted by molar-refractivity contribution is 6.75. The van der Waals surface area contributed by atoms with Crippen LogP contribution in [0.4, 0.5) is 0 Å². The highest BCUT2D eigenvalue weighted by atomic mass is 28.4. The monoisotopic (exact) mass is 194 g/mol. The molecule has 0 saturated carbocycles. The average Bonchev–Trinajstić information content (AvgIpc) is 1.58. The fourth-order valence-corrected chi connectivity index (χ4v) is 8.40. The molecule has 0 heterocycles. The largest absolute Gasteiger partial charge is 0.342 e. The summed E-state index contributed by atoms with van der Waals surface area (Å²) in [6.45, 7) is 6.34. The molecule has 7 heteroatoms. The minimum absolute atomic E-state index is 0.944. The molecule has 0 bridgehead atoms. The molecule has 0 radical (unpaired) electrons. The molecule has 0 amide bonds. The number of hydrogen-bond acceptors (Lipinski definition) is 4. The summed E-state index contributed by atoms with van der Waals surface area (Å²) >= 11 is 0. The van der Waals surface area contributed by atoms with E-state index in [9.17, 15) is 0 Å². The quantitative estimate of drug-likeness (QED) is 0.378. The predicted molar refractivity (Wildman–Crippen MR) is 53.7 cm³/mol. The molecule has 0 spiro atoms. The van der Waals surface area contributed by atoms with Gasteiger partial charge in [0.15, 0.2) is 27.4 Å². The minimum atomic E-state index is -1.07. The minimum Gasteiger partial charge on any atom is -0.342 e. The van der Waals surface area contributed by atoms with Crippen molar-refractivity contribution in [2.24, 2.45) is 10.8 Å². The summed E-state index contributed by atoms with van der Waals surface area (Å²) in [7, 11) is -3.09. The van der Waals surface area contributed by atoms with Crippen molar-refractivity contribution in [3.63, 3.8) is 0 Å². The van der Waals surface area contributed by atoms with E-state index >= 15 is 0 Å². The first-order valence-corrected chi connectivity index (χ1v) is 10.7. The summed E-state index contributed by atoms with van der Waals surface area (Å²) in [4.78, 5) is 0. The van der Waals surface area contributed by atoms with Crippen LogP contribution in [0.3, 0.4) is 0 Å². The first kappa shape index (κ1) is 10.5. The highest BCUT2D eigenvalue weighted by Crippen LogP contribution is 1.70. The highest BCUT2D eigenvalue weighted by Gasteiger charge is 2.07. The molecule has 0 aliphatic heterocycles. The third-order valence-electron chi connectivity index (χ3n) is 1.03. The van der Waals surface area contributed by atoms with Gasteiger partial charge >= 0.3 is 0 Å². The molecule has 2 unspecified atom stereocenters.